The first kappa shape index (κ1) is 29.8. The van der Waals surface area contributed by atoms with Crippen molar-refractivity contribution in [3.8, 4) is 22.6 Å². The first-order valence-corrected chi connectivity index (χ1v) is 14.4. The van der Waals surface area contributed by atoms with Crippen LogP contribution in [0.15, 0.2) is 78.9 Å². The topological polar surface area (TPSA) is 101 Å². The van der Waals surface area contributed by atoms with E-state index in [-0.39, 0.29) is 17.8 Å². The lowest BCUT2D eigenvalue weighted by atomic mass is 9.79. The molecule has 1 fully saturated rings. The summed E-state index contributed by atoms with van der Waals surface area (Å²) in [6, 6.07) is 17.5. The SMILES string of the molecule is Cc1cc(OCCN2CCCC2=O)cc(C)c1-c1cccc(COc2ccc(B3OC(O)=CN(C)/C=C(/O)O3)cc2)c1C. The number of amides is 1. The average Bonchev–Trinajstić information content (AvgIpc) is 3.36. The standard InChI is InChI=1S/C33H37BN2O7/c1-22-17-28(40-16-15-36-14-6-9-30(36)37)18-23(2)33(22)29-8-5-7-25(24(29)3)21-41-27-12-10-26(11-13-27)34-42-31(38)19-35(4)20-32(39)43-34/h5,7-8,10-13,17-20,38-39H,6,9,14-16,21H2,1-4H3/b31-19-,32-20?. The van der Waals surface area contributed by atoms with Gasteiger partial charge in [-0.15, -0.1) is 0 Å². The number of hydrogen-bond donors (Lipinski definition) is 2. The number of carbonyl (C=O) groups is 1. The minimum Gasteiger partial charge on any atom is -0.494 e. The minimum atomic E-state index is -1.02. The Hall–Kier alpha value is -4.73. The fourth-order valence-electron chi connectivity index (χ4n) is 5.47. The molecule has 0 radical (unpaired) electrons. The van der Waals surface area contributed by atoms with Crippen molar-refractivity contribution in [2.45, 2.75) is 40.2 Å². The van der Waals surface area contributed by atoms with E-state index in [1.807, 2.05) is 11.0 Å². The van der Waals surface area contributed by atoms with Crippen LogP contribution in [0.1, 0.15) is 35.1 Å². The molecule has 0 aromatic heterocycles. The molecule has 2 aliphatic heterocycles. The quantitative estimate of drug-likeness (QED) is 0.329. The highest BCUT2D eigenvalue weighted by atomic mass is 16.7. The molecule has 1 amide bonds. The number of benzene rings is 3. The van der Waals surface area contributed by atoms with Gasteiger partial charge in [0, 0.05) is 25.5 Å². The molecular formula is C33H37BN2O7. The van der Waals surface area contributed by atoms with Gasteiger partial charge in [0.2, 0.25) is 5.91 Å². The van der Waals surface area contributed by atoms with Gasteiger partial charge >= 0.3 is 7.12 Å². The predicted molar refractivity (Wildman–Crippen MR) is 165 cm³/mol. The maximum absolute atomic E-state index is 11.9. The van der Waals surface area contributed by atoms with Crippen LogP contribution < -0.4 is 14.9 Å². The molecule has 0 saturated carbocycles. The van der Waals surface area contributed by atoms with Crippen molar-refractivity contribution in [1.29, 1.82) is 0 Å². The minimum absolute atomic E-state index is 0.211. The number of hydrogen-bond acceptors (Lipinski definition) is 8. The summed E-state index contributed by atoms with van der Waals surface area (Å²) in [5.41, 5.74) is 7.36. The van der Waals surface area contributed by atoms with Crippen molar-refractivity contribution in [3.05, 3.63) is 101 Å². The van der Waals surface area contributed by atoms with E-state index in [4.69, 9.17) is 18.8 Å². The van der Waals surface area contributed by atoms with E-state index in [0.29, 0.717) is 37.4 Å². The van der Waals surface area contributed by atoms with Gasteiger partial charge in [-0.2, -0.15) is 0 Å². The molecule has 2 heterocycles. The van der Waals surface area contributed by atoms with Crippen molar-refractivity contribution in [2.24, 2.45) is 0 Å². The number of aliphatic hydroxyl groups is 2. The maximum atomic E-state index is 11.9. The molecule has 3 aromatic rings. The fraction of sp³-hybridized carbons (Fsp3) is 0.303. The van der Waals surface area contributed by atoms with Crippen LogP contribution in [0, 0.1) is 20.8 Å². The highest BCUT2D eigenvalue weighted by Gasteiger charge is 2.30. The normalized spacial score (nSPS) is 16.5. The summed E-state index contributed by atoms with van der Waals surface area (Å²) in [4.78, 5) is 15.2. The van der Waals surface area contributed by atoms with Gasteiger partial charge in [-0.05, 0) is 84.8 Å². The molecule has 5 rings (SSSR count). The zero-order chi connectivity index (χ0) is 30.5. The third kappa shape index (κ3) is 7.20. The number of likely N-dealkylation sites (tertiary alicyclic amines) is 1. The summed E-state index contributed by atoms with van der Waals surface area (Å²) in [6.07, 6.45) is 4.22. The zero-order valence-corrected chi connectivity index (χ0v) is 25.0. The van der Waals surface area contributed by atoms with Gasteiger partial charge in [0.25, 0.3) is 11.9 Å². The Morgan fingerprint density at radius 2 is 1.58 bits per heavy atom. The molecule has 0 atom stereocenters. The largest absolute Gasteiger partial charge is 0.636 e. The van der Waals surface area contributed by atoms with Crippen LogP contribution in [0.4, 0.5) is 0 Å². The number of nitrogens with zero attached hydrogens (tertiary/aromatic N) is 2. The van der Waals surface area contributed by atoms with Crippen LogP contribution in [-0.4, -0.2) is 59.8 Å². The molecule has 0 aliphatic carbocycles. The summed E-state index contributed by atoms with van der Waals surface area (Å²) >= 11 is 0. The van der Waals surface area contributed by atoms with E-state index in [1.165, 1.54) is 22.9 Å². The van der Waals surface area contributed by atoms with Gasteiger partial charge in [-0.1, -0.05) is 30.3 Å². The summed E-state index contributed by atoms with van der Waals surface area (Å²) in [5.74, 6) is 1.00. The van der Waals surface area contributed by atoms with Crippen LogP contribution in [0.25, 0.3) is 11.1 Å². The number of ether oxygens (including phenoxy) is 2. The fourth-order valence-corrected chi connectivity index (χ4v) is 5.47. The number of aryl methyl sites for hydroxylation is 2. The first-order chi connectivity index (χ1) is 20.7. The van der Waals surface area contributed by atoms with Gasteiger partial charge in [-0.3, -0.25) is 4.79 Å². The van der Waals surface area contributed by atoms with E-state index in [2.05, 4.69) is 45.0 Å². The zero-order valence-electron chi connectivity index (χ0n) is 25.0. The van der Waals surface area contributed by atoms with E-state index in [0.717, 1.165) is 46.5 Å². The van der Waals surface area contributed by atoms with Crippen LogP contribution in [0.3, 0.4) is 0 Å². The summed E-state index contributed by atoms with van der Waals surface area (Å²) < 4.78 is 23.0. The second-order valence-electron chi connectivity index (χ2n) is 10.9. The average molecular weight is 584 g/mol. The third-order valence-corrected chi connectivity index (χ3v) is 7.65. The van der Waals surface area contributed by atoms with E-state index in [9.17, 15) is 15.0 Å². The lowest BCUT2D eigenvalue weighted by Gasteiger charge is -2.20. The van der Waals surface area contributed by atoms with Crippen molar-refractivity contribution in [2.75, 3.05) is 26.7 Å². The van der Waals surface area contributed by atoms with Crippen LogP contribution in [-0.2, 0) is 20.7 Å². The van der Waals surface area contributed by atoms with E-state index < -0.39 is 7.12 Å². The molecule has 10 heteroatoms. The van der Waals surface area contributed by atoms with Crippen molar-refractivity contribution >= 4 is 18.5 Å². The van der Waals surface area contributed by atoms with Gasteiger partial charge in [-0.25, -0.2) is 0 Å². The van der Waals surface area contributed by atoms with Crippen LogP contribution in [0.2, 0.25) is 0 Å². The van der Waals surface area contributed by atoms with Gasteiger partial charge in [0.1, 0.15) is 24.7 Å². The molecule has 9 nitrogen and oxygen atoms in total. The van der Waals surface area contributed by atoms with Crippen LogP contribution >= 0.6 is 0 Å². The van der Waals surface area contributed by atoms with Crippen molar-refractivity contribution in [3.63, 3.8) is 0 Å². The molecule has 43 heavy (non-hydrogen) atoms. The summed E-state index contributed by atoms with van der Waals surface area (Å²) in [6.45, 7) is 8.58. The smallest absolute Gasteiger partial charge is 0.494 e. The van der Waals surface area contributed by atoms with E-state index in [1.54, 1.807) is 31.3 Å². The van der Waals surface area contributed by atoms with Gasteiger partial charge < -0.3 is 38.8 Å². The molecule has 2 N–H and O–H groups in total. The second kappa shape index (κ2) is 13.1. The van der Waals surface area contributed by atoms with Gasteiger partial charge in [0.05, 0.1) is 18.9 Å². The Kier molecular flexibility index (Phi) is 9.04. The predicted octanol–water partition coefficient (Wildman–Crippen LogP) is 5.25. The lowest BCUT2D eigenvalue weighted by Crippen LogP contribution is -2.37. The Bertz CT molecular complexity index is 1490. The Morgan fingerprint density at radius 3 is 2.21 bits per heavy atom. The Labute approximate surface area is 252 Å². The van der Waals surface area contributed by atoms with Crippen molar-refractivity contribution < 1.29 is 33.8 Å². The molecule has 0 spiro atoms. The third-order valence-electron chi connectivity index (χ3n) is 7.65. The molecule has 2 aliphatic rings. The van der Waals surface area contributed by atoms with Gasteiger partial charge in [0.15, 0.2) is 0 Å². The van der Waals surface area contributed by atoms with Crippen molar-refractivity contribution in [1.82, 2.24) is 9.80 Å². The highest BCUT2D eigenvalue weighted by molar-refractivity contribution is 6.61. The number of rotatable bonds is 9. The highest BCUT2D eigenvalue weighted by Crippen LogP contribution is 2.34. The van der Waals surface area contributed by atoms with E-state index >= 15 is 0 Å². The summed E-state index contributed by atoms with van der Waals surface area (Å²) in [7, 11) is 0.603. The number of aliphatic hydroxyl groups excluding tert-OH is 2. The second-order valence-corrected chi connectivity index (χ2v) is 10.9. The van der Waals surface area contributed by atoms with Crippen LogP contribution in [0.5, 0.6) is 11.5 Å². The first-order valence-electron chi connectivity index (χ1n) is 14.4. The molecule has 3 aromatic carbocycles. The summed E-state index contributed by atoms with van der Waals surface area (Å²) in [5, 5.41) is 20.0. The lowest BCUT2D eigenvalue weighted by molar-refractivity contribution is -0.128. The molecule has 0 bridgehead atoms. The maximum Gasteiger partial charge on any atom is 0.636 e. The Balaban J connectivity index is 1.24. The molecule has 224 valence electrons. The molecular weight excluding hydrogens is 547 g/mol. The number of carbonyl (C=O) groups excluding carboxylic acids is 1. The molecule has 1 saturated heterocycles. The Morgan fingerprint density at radius 1 is 0.907 bits per heavy atom. The monoisotopic (exact) mass is 584 g/mol. The molecule has 0 unspecified atom stereocenters.